The SMILES string of the molecule is CCC1=NN2C(=N)/C(=C\c3cn(CCOc4cccc(OC)c4)c4ccccc34)C(=O)N=C2S1. The van der Waals surface area contributed by atoms with Gasteiger partial charge < -0.3 is 14.0 Å². The molecule has 34 heavy (non-hydrogen) atoms. The monoisotopic (exact) mass is 473 g/mol. The van der Waals surface area contributed by atoms with Crippen molar-refractivity contribution in [2.75, 3.05) is 13.7 Å². The molecule has 0 atom stereocenters. The van der Waals surface area contributed by atoms with E-state index in [1.165, 1.54) is 16.8 Å². The van der Waals surface area contributed by atoms with Crippen LogP contribution < -0.4 is 9.47 Å². The molecule has 2 aliphatic heterocycles. The first kappa shape index (κ1) is 22.0. The van der Waals surface area contributed by atoms with E-state index in [9.17, 15) is 4.79 Å². The molecule has 9 heteroatoms. The Hall–Kier alpha value is -3.85. The standard InChI is InChI=1S/C25H23N5O3S/c1-3-22-28-30-23(26)20(24(31)27-25(30)34-22)13-16-15-29(21-10-5-4-9-19(16)21)11-12-33-18-8-6-7-17(14-18)32-2/h4-10,13-15,26H,3,11-12H2,1-2H3/b20-13+,26-23?. The van der Waals surface area contributed by atoms with Gasteiger partial charge in [-0.3, -0.25) is 10.2 Å². The summed E-state index contributed by atoms with van der Waals surface area (Å²) in [5.74, 6) is 1.11. The van der Waals surface area contributed by atoms with Crippen LogP contribution in [0.3, 0.4) is 0 Å². The Morgan fingerprint density at radius 1 is 1.15 bits per heavy atom. The van der Waals surface area contributed by atoms with Crippen molar-refractivity contribution in [1.82, 2.24) is 9.58 Å². The number of carbonyl (C=O) groups is 1. The molecule has 1 N–H and O–H groups in total. The van der Waals surface area contributed by atoms with E-state index in [1.54, 1.807) is 13.2 Å². The van der Waals surface area contributed by atoms with E-state index in [2.05, 4.69) is 14.7 Å². The molecule has 8 nitrogen and oxygen atoms in total. The van der Waals surface area contributed by atoms with Crippen LogP contribution in [-0.4, -0.2) is 45.2 Å². The molecule has 0 unspecified atom stereocenters. The largest absolute Gasteiger partial charge is 0.497 e. The number of nitrogens with zero attached hydrogens (tertiary/aromatic N) is 4. The minimum atomic E-state index is -0.422. The molecular formula is C25H23N5O3S. The number of aromatic nitrogens is 1. The van der Waals surface area contributed by atoms with Crippen LogP contribution >= 0.6 is 11.8 Å². The van der Waals surface area contributed by atoms with E-state index in [0.717, 1.165) is 39.4 Å². The van der Waals surface area contributed by atoms with Crippen LogP contribution in [0.2, 0.25) is 0 Å². The molecule has 0 radical (unpaired) electrons. The van der Waals surface area contributed by atoms with Gasteiger partial charge in [0, 0.05) is 28.7 Å². The third-order valence-corrected chi connectivity index (χ3v) is 6.61. The van der Waals surface area contributed by atoms with Crippen molar-refractivity contribution in [2.45, 2.75) is 19.9 Å². The number of rotatable bonds is 7. The Balaban J connectivity index is 1.41. The molecule has 172 valence electrons. The second-order valence-corrected chi connectivity index (χ2v) is 8.73. The van der Waals surface area contributed by atoms with E-state index >= 15 is 0 Å². The fourth-order valence-electron chi connectivity index (χ4n) is 3.86. The van der Waals surface area contributed by atoms with Gasteiger partial charge in [-0.25, -0.2) is 0 Å². The number of methoxy groups -OCH3 is 1. The first-order chi connectivity index (χ1) is 16.6. The van der Waals surface area contributed by atoms with Gasteiger partial charge in [-0.1, -0.05) is 31.2 Å². The molecule has 0 spiro atoms. The lowest BCUT2D eigenvalue weighted by Crippen LogP contribution is -2.35. The number of hydrogen-bond acceptors (Lipinski definition) is 6. The summed E-state index contributed by atoms with van der Waals surface area (Å²) in [6.45, 7) is 3.06. The second-order valence-electron chi connectivity index (χ2n) is 7.69. The summed E-state index contributed by atoms with van der Waals surface area (Å²) in [6.07, 6.45) is 4.44. The van der Waals surface area contributed by atoms with Crippen molar-refractivity contribution in [3.05, 3.63) is 65.9 Å². The fraction of sp³-hybridized carbons (Fsp3) is 0.200. The van der Waals surface area contributed by atoms with Gasteiger partial charge in [0.1, 0.15) is 23.1 Å². The summed E-state index contributed by atoms with van der Waals surface area (Å²) in [6, 6.07) is 15.5. The van der Waals surface area contributed by atoms with Crippen molar-refractivity contribution in [3.63, 3.8) is 0 Å². The van der Waals surface area contributed by atoms with E-state index < -0.39 is 5.91 Å². The first-order valence-corrected chi connectivity index (χ1v) is 11.7. The first-order valence-electron chi connectivity index (χ1n) is 10.9. The van der Waals surface area contributed by atoms with Gasteiger partial charge in [-0.05, 0) is 42.5 Å². The number of fused-ring (bicyclic) bond motifs is 2. The number of hydrazone groups is 1. The minimum Gasteiger partial charge on any atom is -0.497 e. The topological polar surface area (TPSA) is 92.3 Å². The highest BCUT2D eigenvalue weighted by molar-refractivity contribution is 8.26. The summed E-state index contributed by atoms with van der Waals surface area (Å²) < 4.78 is 13.3. The fourth-order valence-corrected chi connectivity index (χ4v) is 4.68. The zero-order valence-corrected chi connectivity index (χ0v) is 19.6. The molecule has 5 rings (SSSR count). The quantitative estimate of drug-likeness (QED) is 0.500. The molecule has 0 saturated carbocycles. The summed E-state index contributed by atoms with van der Waals surface area (Å²) in [5.41, 5.74) is 2.09. The normalized spacial score (nSPS) is 16.6. The lowest BCUT2D eigenvalue weighted by Gasteiger charge is -2.20. The van der Waals surface area contributed by atoms with Crippen LogP contribution in [0.15, 0.2) is 70.4 Å². The highest BCUT2D eigenvalue weighted by Gasteiger charge is 2.35. The highest BCUT2D eigenvalue weighted by Crippen LogP contribution is 2.31. The van der Waals surface area contributed by atoms with Crippen molar-refractivity contribution in [2.24, 2.45) is 10.1 Å². The van der Waals surface area contributed by atoms with E-state index in [4.69, 9.17) is 14.9 Å². The third kappa shape index (κ3) is 4.10. The molecule has 1 amide bonds. The molecule has 2 aromatic carbocycles. The van der Waals surface area contributed by atoms with Gasteiger partial charge in [-0.2, -0.15) is 15.1 Å². The minimum absolute atomic E-state index is 0.0455. The van der Waals surface area contributed by atoms with Gasteiger partial charge in [-0.15, -0.1) is 0 Å². The molecule has 0 bridgehead atoms. The summed E-state index contributed by atoms with van der Waals surface area (Å²) in [7, 11) is 1.63. The molecule has 0 fully saturated rings. The number of amides is 1. The number of amidine groups is 2. The van der Waals surface area contributed by atoms with E-state index in [1.807, 2.05) is 61.7 Å². The predicted molar refractivity (Wildman–Crippen MR) is 136 cm³/mol. The Bertz CT molecular complexity index is 1390. The number of carbonyl (C=O) groups excluding carboxylic acids is 1. The lowest BCUT2D eigenvalue weighted by atomic mass is 10.1. The van der Waals surface area contributed by atoms with Gasteiger partial charge >= 0.3 is 0 Å². The maximum Gasteiger partial charge on any atom is 0.283 e. The van der Waals surface area contributed by atoms with Crippen LogP contribution in [0.4, 0.5) is 0 Å². The Kier molecular flexibility index (Phi) is 5.93. The zero-order chi connectivity index (χ0) is 23.7. The van der Waals surface area contributed by atoms with Crippen molar-refractivity contribution < 1.29 is 14.3 Å². The summed E-state index contributed by atoms with van der Waals surface area (Å²) in [5, 5.41) is 16.7. The van der Waals surface area contributed by atoms with E-state index in [0.29, 0.717) is 18.3 Å². The molecule has 3 heterocycles. The number of thioether (sulfide) groups is 1. The van der Waals surface area contributed by atoms with Crippen LogP contribution in [0.5, 0.6) is 11.5 Å². The Morgan fingerprint density at radius 3 is 2.79 bits per heavy atom. The smallest absolute Gasteiger partial charge is 0.283 e. The molecule has 3 aromatic rings. The number of nitrogens with one attached hydrogen (secondary N) is 1. The Labute approximate surface area is 201 Å². The molecule has 0 saturated heterocycles. The van der Waals surface area contributed by atoms with Crippen molar-refractivity contribution >= 4 is 50.7 Å². The lowest BCUT2D eigenvalue weighted by molar-refractivity contribution is -0.114. The van der Waals surface area contributed by atoms with Gasteiger partial charge in [0.2, 0.25) is 5.17 Å². The predicted octanol–water partition coefficient (Wildman–Crippen LogP) is 4.76. The summed E-state index contributed by atoms with van der Waals surface area (Å²) in [4.78, 5) is 16.9. The van der Waals surface area contributed by atoms with Crippen LogP contribution in [-0.2, 0) is 11.3 Å². The van der Waals surface area contributed by atoms with Gasteiger partial charge in [0.15, 0.2) is 5.84 Å². The van der Waals surface area contributed by atoms with Gasteiger partial charge in [0.25, 0.3) is 5.91 Å². The second kappa shape index (κ2) is 9.18. The van der Waals surface area contributed by atoms with Crippen LogP contribution in [0.25, 0.3) is 17.0 Å². The molecule has 1 aromatic heterocycles. The highest BCUT2D eigenvalue weighted by atomic mass is 32.2. The number of benzene rings is 2. The average Bonchev–Trinajstić information content (AvgIpc) is 3.43. The summed E-state index contributed by atoms with van der Waals surface area (Å²) >= 11 is 1.34. The third-order valence-electron chi connectivity index (χ3n) is 5.56. The zero-order valence-electron chi connectivity index (χ0n) is 18.8. The Morgan fingerprint density at radius 2 is 1.97 bits per heavy atom. The maximum absolute atomic E-state index is 12.7. The van der Waals surface area contributed by atoms with Crippen molar-refractivity contribution in [3.8, 4) is 11.5 Å². The van der Waals surface area contributed by atoms with Gasteiger partial charge in [0.05, 0.1) is 19.2 Å². The van der Waals surface area contributed by atoms with E-state index in [-0.39, 0.29) is 11.4 Å². The molecule has 2 aliphatic rings. The molecular weight excluding hydrogens is 450 g/mol. The number of hydrogen-bond donors (Lipinski definition) is 1. The average molecular weight is 474 g/mol. The number of para-hydroxylation sites is 1. The van der Waals surface area contributed by atoms with Crippen LogP contribution in [0.1, 0.15) is 18.9 Å². The van der Waals surface area contributed by atoms with Crippen molar-refractivity contribution in [1.29, 1.82) is 5.41 Å². The number of aliphatic imine (C=N–C) groups is 1. The number of ether oxygens (including phenoxy) is 2. The molecule has 0 aliphatic carbocycles. The maximum atomic E-state index is 12.7. The van der Waals surface area contributed by atoms with Crippen LogP contribution in [0, 0.1) is 5.41 Å².